The van der Waals surface area contributed by atoms with Crippen LogP contribution in [0.2, 0.25) is 0 Å². The molecular weight excluding hydrogens is 524 g/mol. The first-order valence-corrected chi connectivity index (χ1v) is 15.5. The van der Waals surface area contributed by atoms with E-state index >= 15 is 0 Å². The lowest BCUT2D eigenvalue weighted by molar-refractivity contribution is -0.108. The van der Waals surface area contributed by atoms with Crippen LogP contribution < -0.4 is 23.7 Å². The van der Waals surface area contributed by atoms with E-state index in [9.17, 15) is 10.2 Å². The van der Waals surface area contributed by atoms with E-state index in [0.29, 0.717) is 60.7 Å². The van der Waals surface area contributed by atoms with Gasteiger partial charge in [-0.1, -0.05) is 59.4 Å². The van der Waals surface area contributed by atoms with E-state index in [1.807, 2.05) is 30.3 Å². The van der Waals surface area contributed by atoms with Crippen LogP contribution in [0, 0.1) is 0 Å². The van der Waals surface area contributed by atoms with Crippen LogP contribution in [0.4, 0.5) is 0 Å². The lowest BCUT2D eigenvalue weighted by Gasteiger charge is -2.38. The Morgan fingerprint density at radius 2 is 1.27 bits per heavy atom. The zero-order valence-corrected chi connectivity index (χ0v) is 25.4. The van der Waals surface area contributed by atoms with Crippen molar-refractivity contribution in [3.8, 4) is 28.7 Å². The summed E-state index contributed by atoms with van der Waals surface area (Å²) in [4.78, 5) is 0. The predicted octanol–water partition coefficient (Wildman–Crippen LogP) is 6.95. The summed E-state index contributed by atoms with van der Waals surface area (Å²) in [6.45, 7) is 10.6. The average molecular weight is 575 g/mol. The van der Waals surface area contributed by atoms with E-state index < -0.39 is 18.3 Å². The molecule has 3 rings (SSSR count). The molecule has 0 radical (unpaired) electrons. The van der Waals surface area contributed by atoms with Crippen LogP contribution in [-0.2, 0) is 4.74 Å². The van der Waals surface area contributed by atoms with Crippen molar-refractivity contribution >= 4 is 0 Å². The molecule has 8 nitrogen and oxygen atoms in total. The number of aliphatic hydroxyl groups excluding tert-OH is 2. The molecule has 3 atom stereocenters. The van der Waals surface area contributed by atoms with Gasteiger partial charge in [0.15, 0.2) is 17.6 Å². The molecule has 0 fully saturated rings. The van der Waals surface area contributed by atoms with E-state index in [1.54, 1.807) is 0 Å². The third kappa shape index (κ3) is 9.42. The fourth-order valence-electron chi connectivity index (χ4n) is 4.57. The van der Waals surface area contributed by atoms with Gasteiger partial charge in [-0.15, -0.1) is 0 Å². The minimum Gasteiger partial charge on any atom is -0.493 e. The Morgan fingerprint density at radius 1 is 0.683 bits per heavy atom. The molecule has 1 heterocycles. The Hall–Kier alpha value is -2.68. The second-order valence-electron chi connectivity index (χ2n) is 10.4. The second kappa shape index (κ2) is 18.0. The van der Waals surface area contributed by atoms with Crippen molar-refractivity contribution in [2.45, 2.75) is 97.4 Å². The largest absolute Gasteiger partial charge is 0.493 e. The number of fused-ring (bicyclic) bond motifs is 1. The minimum absolute atomic E-state index is 0.0621. The smallest absolute Gasteiger partial charge is 0.161 e. The van der Waals surface area contributed by atoms with Crippen molar-refractivity contribution in [1.29, 1.82) is 0 Å². The monoisotopic (exact) mass is 574 g/mol. The summed E-state index contributed by atoms with van der Waals surface area (Å²) in [5.74, 6) is 3.03. The van der Waals surface area contributed by atoms with Gasteiger partial charge in [0.05, 0.1) is 45.2 Å². The summed E-state index contributed by atoms with van der Waals surface area (Å²) >= 11 is 0. The molecule has 1 unspecified atom stereocenters. The van der Waals surface area contributed by atoms with Crippen molar-refractivity contribution in [2.24, 2.45) is 0 Å². The van der Waals surface area contributed by atoms with E-state index in [1.165, 1.54) is 0 Å². The number of hydrogen-bond donors (Lipinski definition) is 2. The first-order chi connectivity index (χ1) is 20.1. The lowest BCUT2D eigenvalue weighted by atomic mass is 9.91. The highest BCUT2D eigenvalue weighted by Crippen LogP contribution is 2.49. The van der Waals surface area contributed by atoms with Crippen LogP contribution in [0.15, 0.2) is 30.3 Å². The third-order valence-electron chi connectivity index (χ3n) is 6.95. The van der Waals surface area contributed by atoms with Crippen LogP contribution in [0.3, 0.4) is 0 Å². The number of aliphatic hydroxyl groups is 2. The third-order valence-corrected chi connectivity index (χ3v) is 6.95. The van der Waals surface area contributed by atoms with E-state index in [2.05, 4.69) is 27.7 Å². The summed E-state index contributed by atoms with van der Waals surface area (Å²) in [5, 5.41) is 21.2. The molecule has 0 saturated carbocycles. The second-order valence-corrected chi connectivity index (χ2v) is 10.4. The highest BCUT2D eigenvalue weighted by molar-refractivity contribution is 5.54. The molecular formula is C33H50O8. The Kier molecular flexibility index (Phi) is 14.4. The van der Waals surface area contributed by atoms with Gasteiger partial charge in [0.25, 0.3) is 0 Å². The van der Waals surface area contributed by atoms with E-state index in [0.717, 1.165) is 56.9 Å². The molecule has 0 saturated heterocycles. The summed E-state index contributed by atoms with van der Waals surface area (Å²) in [6.07, 6.45) is 5.16. The molecule has 1 aliphatic rings. The van der Waals surface area contributed by atoms with Gasteiger partial charge < -0.3 is 38.6 Å². The molecule has 0 bridgehead atoms. The van der Waals surface area contributed by atoms with Gasteiger partial charge in [0, 0.05) is 12.1 Å². The fourth-order valence-corrected chi connectivity index (χ4v) is 4.57. The Bertz CT molecular complexity index is 1030. The van der Waals surface area contributed by atoms with E-state index in [4.69, 9.17) is 28.4 Å². The van der Waals surface area contributed by atoms with E-state index in [-0.39, 0.29) is 13.2 Å². The highest BCUT2D eigenvalue weighted by Gasteiger charge is 2.42. The average Bonchev–Trinajstić information content (AvgIpc) is 2.97. The minimum atomic E-state index is -1.07. The maximum Gasteiger partial charge on any atom is 0.161 e. The first-order valence-electron chi connectivity index (χ1n) is 15.5. The maximum atomic E-state index is 11.7. The molecule has 2 aromatic rings. The van der Waals surface area contributed by atoms with Crippen molar-refractivity contribution in [3.63, 3.8) is 0 Å². The van der Waals surface area contributed by atoms with Crippen molar-refractivity contribution < 1.29 is 38.6 Å². The van der Waals surface area contributed by atoms with Crippen LogP contribution >= 0.6 is 0 Å². The first kappa shape index (κ1) is 32.8. The number of ether oxygens (including phenoxy) is 6. The highest BCUT2D eigenvalue weighted by atomic mass is 16.5. The van der Waals surface area contributed by atoms with Gasteiger partial charge in [0.2, 0.25) is 0 Å². The Morgan fingerprint density at radius 3 is 1.88 bits per heavy atom. The van der Waals surface area contributed by atoms with Gasteiger partial charge in [0.1, 0.15) is 29.5 Å². The van der Waals surface area contributed by atoms with Crippen LogP contribution in [0.25, 0.3) is 0 Å². The molecule has 0 aromatic heterocycles. The van der Waals surface area contributed by atoms with Crippen LogP contribution in [0.5, 0.6) is 28.7 Å². The molecule has 1 aliphatic heterocycles. The summed E-state index contributed by atoms with van der Waals surface area (Å²) < 4.78 is 36.9. The van der Waals surface area contributed by atoms with Crippen molar-refractivity contribution in [2.75, 3.05) is 39.6 Å². The fraction of sp³-hybridized carbons (Fsp3) is 0.636. The molecule has 230 valence electrons. The van der Waals surface area contributed by atoms with Crippen LogP contribution in [-0.4, -0.2) is 56.0 Å². The standard InChI is InChI=1S/C33H50O8/c1-5-9-16-36-25-22-28(39-19-12-8-4)30-29(23-25)41-32(31(35)33(30)40-20-15-34)24-13-14-26(37-17-10-6-2)27(21-24)38-18-11-7-3/h13-14,21-23,31-35H,5-12,15-20H2,1-4H3/t31-,32-,33?/m1/s1. The molecule has 2 aromatic carbocycles. The number of hydrogen-bond acceptors (Lipinski definition) is 8. The SMILES string of the molecule is CCCCOc1cc(OCCCC)c2c(c1)O[C@H](c1ccc(OCCCC)c(OCCCC)c1)[C@@H](O)C2OCCO. The van der Waals surface area contributed by atoms with Gasteiger partial charge in [-0.2, -0.15) is 0 Å². The van der Waals surface area contributed by atoms with Gasteiger partial charge >= 0.3 is 0 Å². The number of rotatable bonds is 20. The maximum absolute atomic E-state index is 11.7. The lowest BCUT2D eigenvalue weighted by Crippen LogP contribution is -2.36. The van der Waals surface area contributed by atoms with Crippen molar-refractivity contribution in [3.05, 3.63) is 41.5 Å². The van der Waals surface area contributed by atoms with Gasteiger partial charge in [-0.3, -0.25) is 0 Å². The normalized spacial score (nSPS) is 18.0. The zero-order chi connectivity index (χ0) is 29.5. The summed E-state index contributed by atoms with van der Waals surface area (Å²) in [5.41, 5.74) is 1.36. The summed E-state index contributed by atoms with van der Waals surface area (Å²) in [6, 6.07) is 9.35. The Balaban J connectivity index is 2.01. The quantitative estimate of drug-likeness (QED) is 0.164. The molecule has 8 heteroatoms. The van der Waals surface area contributed by atoms with Crippen LogP contribution in [0.1, 0.15) is 102 Å². The van der Waals surface area contributed by atoms with Gasteiger partial charge in [-0.05, 0) is 43.4 Å². The molecule has 41 heavy (non-hydrogen) atoms. The van der Waals surface area contributed by atoms with Crippen molar-refractivity contribution in [1.82, 2.24) is 0 Å². The number of unbranched alkanes of at least 4 members (excludes halogenated alkanes) is 4. The summed E-state index contributed by atoms with van der Waals surface area (Å²) in [7, 11) is 0. The molecule has 0 amide bonds. The molecule has 0 aliphatic carbocycles. The predicted molar refractivity (Wildman–Crippen MR) is 160 cm³/mol. The zero-order valence-electron chi connectivity index (χ0n) is 25.4. The van der Waals surface area contributed by atoms with Gasteiger partial charge in [-0.25, -0.2) is 0 Å². The molecule has 0 spiro atoms. The Labute approximate surface area is 245 Å². The molecule has 2 N–H and O–H groups in total. The topological polar surface area (TPSA) is 95.8 Å². The number of benzene rings is 2.